The minimum Gasteiger partial charge on any atom is -0.508 e. The van der Waals surface area contributed by atoms with Crippen LogP contribution in [0.2, 0.25) is 0 Å². The molecule has 15 atom stereocenters. The summed E-state index contributed by atoms with van der Waals surface area (Å²) in [5, 5.41) is 68.6. The van der Waals surface area contributed by atoms with Crippen molar-refractivity contribution in [1.82, 2.24) is 97.2 Å². The molecule has 0 saturated carbocycles. The second kappa shape index (κ2) is 51.0. The number of unbranched alkanes of at least 4 members (excludes halogenated alkanes) is 2. The SMILES string of the molecule is CCCC[C@H]1C(=O)N(C)[C@@H](CCCC)C(=O)N[C@@H](CC(=O)O)C(=O)N[C@H](C(=O)NCC(N)=O)CSCC(=O)N[C@@H](Cc2ccc(O)cc2)C(=O)N(C)[C@@H](C)C(=O)N[C@@H](CC(N)=O)C(=O)N2CCCC2C(=O)N[C@@H](Cc2cnc[nH]2)C(=O)N[C@@H](CCC(N)=O)C(=O)N2C[C@H](O)C[C@H]2C(=O)N[C@@H](Cc2c[nH]c3ccccc23)C(=O)N[C@@H](CCN)C(=O)N[C@@H](Cc2cn(CC(=O)O)c3ccccc23)C(=O)N1C. The molecule has 48 heteroatoms. The number of aromatic hydroxyl groups is 1. The van der Waals surface area contributed by atoms with Crippen LogP contribution < -0.4 is 76.1 Å². The van der Waals surface area contributed by atoms with E-state index in [1.165, 1.54) is 75.6 Å². The highest BCUT2D eigenvalue weighted by Crippen LogP contribution is 2.29. The fourth-order valence-corrected chi connectivity index (χ4v) is 17.8. The molecule has 3 aliphatic heterocycles. The van der Waals surface area contributed by atoms with E-state index >= 15 is 38.4 Å². The minimum atomic E-state index is -2.06. The normalized spacial score (nSPS) is 24.3. The van der Waals surface area contributed by atoms with Crippen LogP contribution in [0.4, 0.5) is 0 Å². The Bertz CT molecular complexity index is 5480. The maximum absolute atomic E-state index is 15.9. The van der Waals surface area contributed by atoms with Crippen molar-refractivity contribution in [2.24, 2.45) is 22.9 Å². The van der Waals surface area contributed by atoms with Crippen LogP contribution >= 0.6 is 11.8 Å². The first-order valence-corrected chi connectivity index (χ1v) is 46.8. The van der Waals surface area contributed by atoms with Crippen LogP contribution in [0.1, 0.15) is 133 Å². The van der Waals surface area contributed by atoms with E-state index in [0.29, 0.717) is 63.1 Å². The second-order valence-corrected chi connectivity index (χ2v) is 35.7. The standard InChI is InChI=1S/C91H123N23O24S/c1-7-9-19-68-84(131)105-62(38-76(121)122)83(130)108-66(79(126)98-41-74(95)119)45-139-46-75(120)100-63(32-49-23-25-53(115)26-24-49)87(134)109(4)48(3)78(125)106-65(37-73(94)118)90(137)113-31-15-22-69(113)85(132)104-61(35-52-40-96-47-99-52)82(129)102-59(27-28-72(93)117)89(136)114-43-54(116)36-71(114)86(133)103-60(33-50-39-97-57-18-13-11-16-55(50)57)81(128)101-58(29-30-92)80(127)107-64(88(135)111(6)70(20-10-8-2)91(138)110(68)5)34-51-42-112(44-77(123)124)67-21-14-12-17-56(51)67/h11-14,16-18,21,23-26,39-40,42,47-48,54,58-66,68-71,97,115-116H,7-10,15,19-20,22,27-38,41,43-46,92H2,1-6H3,(H2,93,117)(H2,94,118)(H2,95,119)(H,96,99)(H,98,126)(H,100,120)(H,101,128)(H,102,129)(H,103,133)(H,104,132)(H,105,131)(H,106,125)(H,107,127)(H,108,130)(H,121,122)(H,123,124)/t48-,54+,58-,59-,60-,61-,62-,63-,64-,65-,66-,68-,69?,70-,71-/m0/s1. The van der Waals surface area contributed by atoms with E-state index in [0.717, 1.165) is 24.5 Å². The van der Waals surface area contributed by atoms with Crippen LogP contribution in [0.5, 0.6) is 5.75 Å². The molecule has 3 aliphatic rings. The Morgan fingerprint density at radius 2 is 1.11 bits per heavy atom. The quantitative estimate of drug-likeness (QED) is 0.0220. The van der Waals surface area contributed by atoms with Crippen molar-refractivity contribution in [3.63, 3.8) is 0 Å². The van der Waals surface area contributed by atoms with Gasteiger partial charge in [-0.25, -0.2) is 4.98 Å². The molecule has 3 aromatic heterocycles. The van der Waals surface area contributed by atoms with E-state index in [1.807, 2.05) is 0 Å². The van der Waals surface area contributed by atoms with Crippen molar-refractivity contribution in [3.8, 4) is 5.75 Å². The van der Waals surface area contributed by atoms with E-state index in [1.54, 1.807) is 68.6 Å². The van der Waals surface area contributed by atoms with Crippen LogP contribution in [0.15, 0.2) is 97.7 Å². The number of nitrogens with zero attached hydrogens (tertiary/aromatic N) is 7. The van der Waals surface area contributed by atoms with Crippen LogP contribution in [0, 0.1) is 0 Å². The number of thioether (sulfide) groups is 1. The number of hydrogen-bond donors (Lipinski definition) is 20. The number of rotatable bonds is 28. The number of carboxylic acids is 2. The van der Waals surface area contributed by atoms with Gasteiger partial charge in [0.05, 0.1) is 37.6 Å². The number of primary amides is 3. The number of fused-ring (bicyclic) bond motifs is 4. The Hall–Kier alpha value is -14.6. The van der Waals surface area contributed by atoms with Gasteiger partial charge in [-0.05, 0) is 92.9 Å². The molecular formula is C91H123N23O24S. The van der Waals surface area contributed by atoms with Gasteiger partial charge in [-0.2, -0.15) is 0 Å². The number of aliphatic hydroxyl groups is 1. The number of phenolic OH excluding ortho intramolecular Hbond substituents is 1. The summed E-state index contributed by atoms with van der Waals surface area (Å²) in [7, 11) is 3.66. The molecule has 1 unspecified atom stereocenters. The number of aliphatic carboxylic acids is 2. The Balaban J connectivity index is 1.12. The first-order valence-electron chi connectivity index (χ1n) is 45.6. The van der Waals surface area contributed by atoms with Gasteiger partial charge in [-0.15, -0.1) is 11.8 Å². The molecule has 0 aliphatic carbocycles. The van der Waals surface area contributed by atoms with Crippen molar-refractivity contribution in [2.45, 2.75) is 234 Å². The Morgan fingerprint density at radius 1 is 0.532 bits per heavy atom. The number of H-pyrrole nitrogens is 2. The number of imidazole rings is 1. The zero-order chi connectivity index (χ0) is 102. The molecule has 24 N–H and O–H groups in total. The third-order valence-corrected chi connectivity index (χ3v) is 25.5. The Labute approximate surface area is 802 Å². The summed E-state index contributed by atoms with van der Waals surface area (Å²) in [5.74, 6) is -23.1. The van der Waals surface area contributed by atoms with Gasteiger partial charge in [0.15, 0.2) is 0 Å². The summed E-state index contributed by atoms with van der Waals surface area (Å²) in [6, 6.07) is -4.88. The zero-order valence-electron chi connectivity index (χ0n) is 77.9. The average molecular weight is 1960 g/mol. The number of nitrogens with two attached hydrogens (primary N) is 4. The summed E-state index contributed by atoms with van der Waals surface area (Å²) in [4.78, 5) is 303. The molecule has 9 rings (SSSR count). The van der Waals surface area contributed by atoms with Gasteiger partial charge < -0.3 is 136 Å². The zero-order valence-corrected chi connectivity index (χ0v) is 78.7. The lowest BCUT2D eigenvalue weighted by molar-refractivity contribution is -0.149. The topological polar surface area (TPSA) is 712 Å². The molecule has 0 bridgehead atoms. The third-order valence-electron chi connectivity index (χ3n) is 24.5. The molecule has 0 radical (unpaired) electrons. The number of aliphatic hydroxyl groups excluding tert-OH is 1. The minimum absolute atomic E-state index is 0.0852. The molecule has 18 amide bonds. The van der Waals surface area contributed by atoms with Gasteiger partial charge in [-0.1, -0.05) is 88.1 Å². The Morgan fingerprint density at radius 3 is 1.75 bits per heavy atom. The highest BCUT2D eigenvalue weighted by Gasteiger charge is 2.47. The predicted octanol–water partition coefficient (Wildman–Crippen LogP) is -4.58. The highest BCUT2D eigenvalue weighted by molar-refractivity contribution is 8.00. The van der Waals surface area contributed by atoms with E-state index in [9.17, 15) is 78.0 Å². The van der Waals surface area contributed by atoms with Crippen LogP contribution in [0.3, 0.4) is 0 Å². The van der Waals surface area contributed by atoms with Crippen molar-refractivity contribution in [1.29, 1.82) is 0 Å². The molecule has 6 heterocycles. The van der Waals surface area contributed by atoms with Crippen LogP contribution in [-0.2, 0) is 128 Å². The van der Waals surface area contributed by atoms with Crippen molar-refractivity contribution in [2.75, 3.05) is 58.8 Å². The molecule has 752 valence electrons. The van der Waals surface area contributed by atoms with Gasteiger partial charge in [0.25, 0.3) is 0 Å². The van der Waals surface area contributed by atoms with Gasteiger partial charge in [0.1, 0.15) is 96.9 Å². The number of para-hydroxylation sites is 2. The number of nitrogens with one attached hydrogen (secondary N) is 12. The maximum Gasteiger partial charge on any atom is 0.323 e. The molecule has 0 spiro atoms. The largest absolute Gasteiger partial charge is 0.508 e. The number of hydrogen-bond acceptors (Lipinski definition) is 25. The first-order chi connectivity index (χ1) is 66.1. The molecular weight excluding hydrogens is 1830 g/mol. The van der Waals surface area contributed by atoms with Crippen LogP contribution in [0.25, 0.3) is 21.8 Å². The predicted molar refractivity (Wildman–Crippen MR) is 500 cm³/mol. The van der Waals surface area contributed by atoms with Gasteiger partial charge in [0.2, 0.25) is 106 Å². The number of carbonyl (C=O) groups is 20. The van der Waals surface area contributed by atoms with Crippen LogP contribution in [-0.4, -0.2) is 332 Å². The van der Waals surface area contributed by atoms with E-state index < -0.39 is 285 Å². The fourth-order valence-electron chi connectivity index (χ4n) is 16.9. The molecule has 47 nitrogen and oxygen atoms in total. The fraction of sp³-hybridized carbons (Fsp3) is 0.505. The number of carbonyl (C=O) groups excluding carboxylic acids is 18. The lowest BCUT2D eigenvalue weighted by Crippen LogP contribution is -2.61. The number of aromatic nitrogens is 4. The molecule has 3 aromatic carbocycles. The van der Waals surface area contributed by atoms with Crippen molar-refractivity contribution < 1.29 is 116 Å². The number of aromatic amines is 2. The summed E-state index contributed by atoms with van der Waals surface area (Å²) >= 11 is 0.658. The summed E-state index contributed by atoms with van der Waals surface area (Å²) in [5.41, 5.74) is 25.3. The van der Waals surface area contributed by atoms with Gasteiger partial charge in [0, 0.05) is 125 Å². The number of likely N-dealkylation sites (N-methyl/N-ethyl adjacent to an activating group) is 3. The second-order valence-electron chi connectivity index (χ2n) is 34.7. The van der Waals surface area contributed by atoms with E-state index in [4.69, 9.17) is 22.9 Å². The number of carboxylic acid groups (broad SMARTS) is 2. The number of phenols is 1. The van der Waals surface area contributed by atoms with Gasteiger partial charge >= 0.3 is 11.9 Å². The summed E-state index contributed by atoms with van der Waals surface area (Å²) in [6.07, 6.45) is -0.461. The Kier molecular flexibility index (Phi) is 39.7. The van der Waals surface area contributed by atoms with Crippen molar-refractivity contribution in [3.05, 3.63) is 120 Å². The molecule has 3 fully saturated rings. The molecule has 3 saturated heterocycles. The average Bonchev–Trinajstić information content (AvgIpc) is 1.66. The molecule has 6 aromatic rings. The van der Waals surface area contributed by atoms with E-state index in [2.05, 4.69) is 68.1 Å². The lowest BCUT2D eigenvalue weighted by atomic mass is 9.99. The van der Waals surface area contributed by atoms with Gasteiger partial charge in [-0.3, -0.25) is 95.9 Å². The lowest BCUT2D eigenvalue weighted by Gasteiger charge is -2.36. The first kappa shape index (κ1) is 108. The monoisotopic (exact) mass is 1950 g/mol. The maximum atomic E-state index is 15.9. The van der Waals surface area contributed by atoms with Crippen molar-refractivity contribution >= 4 is 152 Å². The highest BCUT2D eigenvalue weighted by atomic mass is 32.2. The smallest absolute Gasteiger partial charge is 0.323 e. The molecule has 139 heavy (non-hydrogen) atoms. The third kappa shape index (κ3) is 30.0. The van der Waals surface area contributed by atoms with E-state index in [-0.39, 0.29) is 82.3 Å². The summed E-state index contributed by atoms with van der Waals surface area (Å²) < 4.78 is 1.40. The summed E-state index contributed by atoms with van der Waals surface area (Å²) in [6.45, 7) is 2.28. The number of benzene rings is 3. The number of amides is 18.